The van der Waals surface area contributed by atoms with Crippen molar-refractivity contribution >= 4 is 5.82 Å². The molecule has 0 aliphatic heterocycles. The van der Waals surface area contributed by atoms with E-state index in [1.54, 1.807) is 7.11 Å². The number of hydrogen-bond donors (Lipinski definition) is 1. The Morgan fingerprint density at radius 2 is 2.11 bits per heavy atom. The van der Waals surface area contributed by atoms with Crippen LogP contribution in [-0.2, 0) is 11.2 Å². The molecule has 1 heterocycles. The van der Waals surface area contributed by atoms with Gasteiger partial charge >= 0.3 is 0 Å². The lowest BCUT2D eigenvalue weighted by atomic mass is 10.2. The molecule has 1 N–H and O–H groups in total. The van der Waals surface area contributed by atoms with Crippen LogP contribution in [0.1, 0.15) is 32.8 Å². The van der Waals surface area contributed by atoms with Gasteiger partial charge in [0.2, 0.25) is 5.88 Å². The minimum Gasteiger partial charge on any atom is -0.472 e. The second-order valence-corrected chi connectivity index (χ2v) is 4.17. The van der Waals surface area contributed by atoms with Gasteiger partial charge in [0.1, 0.15) is 18.2 Å². The van der Waals surface area contributed by atoms with Crippen LogP contribution in [-0.4, -0.2) is 36.3 Å². The minimum absolute atomic E-state index is 0.0192. The summed E-state index contributed by atoms with van der Waals surface area (Å²) in [5.74, 6) is 1.52. The second kappa shape index (κ2) is 7.87. The predicted molar refractivity (Wildman–Crippen MR) is 72.2 cm³/mol. The van der Waals surface area contributed by atoms with Crippen LogP contribution >= 0.6 is 0 Å². The molecule has 0 bridgehead atoms. The standard InChI is InChI=1S/C13H23N3O2/c1-5-7-14-12-11(6-2)13(16-9-15-12)18-10(3)8-17-4/h9-10H,5-8H2,1-4H3,(H,14,15,16). The lowest BCUT2D eigenvalue weighted by Crippen LogP contribution is -2.20. The van der Waals surface area contributed by atoms with Crippen molar-refractivity contribution in [3.8, 4) is 5.88 Å². The first-order valence-corrected chi connectivity index (χ1v) is 6.46. The number of rotatable bonds is 8. The van der Waals surface area contributed by atoms with Gasteiger partial charge in [-0.05, 0) is 19.8 Å². The van der Waals surface area contributed by atoms with Crippen molar-refractivity contribution in [1.82, 2.24) is 9.97 Å². The van der Waals surface area contributed by atoms with Gasteiger partial charge in [-0.3, -0.25) is 0 Å². The molecule has 1 aromatic rings. The van der Waals surface area contributed by atoms with Crippen LogP contribution in [0.4, 0.5) is 5.82 Å². The summed E-state index contributed by atoms with van der Waals surface area (Å²) in [5.41, 5.74) is 1.02. The Balaban J connectivity index is 2.83. The molecule has 5 heteroatoms. The molecule has 1 atom stereocenters. The van der Waals surface area contributed by atoms with Crippen LogP contribution in [0.3, 0.4) is 0 Å². The average Bonchev–Trinajstić information content (AvgIpc) is 2.36. The Morgan fingerprint density at radius 3 is 2.72 bits per heavy atom. The summed E-state index contributed by atoms with van der Waals surface area (Å²) >= 11 is 0. The quantitative estimate of drug-likeness (QED) is 0.770. The fourth-order valence-electron chi connectivity index (χ4n) is 1.67. The van der Waals surface area contributed by atoms with Crippen molar-refractivity contribution in [2.75, 3.05) is 25.6 Å². The minimum atomic E-state index is -0.0192. The Hall–Kier alpha value is -1.36. The first kappa shape index (κ1) is 14.7. The van der Waals surface area contributed by atoms with Gasteiger partial charge in [-0.25, -0.2) is 9.97 Å². The zero-order chi connectivity index (χ0) is 13.4. The van der Waals surface area contributed by atoms with E-state index < -0.39 is 0 Å². The normalized spacial score (nSPS) is 12.2. The topological polar surface area (TPSA) is 56.3 Å². The van der Waals surface area contributed by atoms with Gasteiger partial charge in [-0.2, -0.15) is 0 Å². The monoisotopic (exact) mass is 253 g/mol. The summed E-state index contributed by atoms with van der Waals surface area (Å²) in [7, 11) is 1.66. The van der Waals surface area contributed by atoms with Crippen LogP contribution < -0.4 is 10.1 Å². The first-order chi connectivity index (χ1) is 8.72. The summed E-state index contributed by atoms with van der Waals surface area (Å²) in [6.45, 7) is 7.60. The fraction of sp³-hybridized carbons (Fsp3) is 0.692. The molecule has 102 valence electrons. The van der Waals surface area contributed by atoms with E-state index in [9.17, 15) is 0 Å². The van der Waals surface area contributed by atoms with Crippen molar-refractivity contribution in [1.29, 1.82) is 0 Å². The molecule has 0 radical (unpaired) electrons. The van der Waals surface area contributed by atoms with Gasteiger partial charge in [-0.1, -0.05) is 13.8 Å². The van der Waals surface area contributed by atoms with Gasteiger partial charge < -0.3 is 14.8 Å². The zero-order valence-corrected chi connectivity index (χ0v) is 11.7. The zero-order valence-electron chi connectivity index (χ0n) is 11.7. The smallest absolute Gasteiger partial charge is 0.222 e. The maximum atomic E-state index is 5.78. The molecule has 5 nitrogen and oxygen atoms in total. The molecule has 0 saturated carbocycles. The molecular weight excluding hydrogens is 230 g/mol. The highest BCUT2D eigenvalue weighted by atomic mass is 16.5. The largest absolute Gasteiger partial charge is 0.472 e. The van der Waals surface area contributed by atoms with E-state index in [1.165, 1.54) is 6.33 Å². The van der Waals surface area contributed by atoms with E-state index >= 15 is 0 Å². The highest BCUT2D eigenvalue weighted by Gasteiger charge is 2.13. The summed E-state index contributed by atoms with van der Waals surface area (Å²) in [6.07, 6.45) is 3.41. The Bertz CT molecular complexity index is 358. The van der Waals surface area contributed by atoms with Crippen molar-refractivity contribution in [3.05, 3.63) is 11.9 Å². The second-order valence-electron chi connectivity index (χ2n) is 4.17. The van der Waals surface area contributed by atoms with Crippen LogP contribution in [0.2, 0.25) is 0 Å². The van der Waals surface area contributed by atoms with Crippen LogP contribution in [0.15, 0.2) is 6.33 Å². The number of nitrogens with one attached hydrogen (secondary N) is 1. The van der Waals surface area contributed by atoms with Crippen LogP contribution in [0.25, 0.3) is 0 Å². The summed E-state index contributed by atoms with van der Waals surface area (Å²) in [5, 5.41) is 3.30. The summed E-state index contributed by atoms with van der Waals surface area (Å²) in [6, 6.07) is 0. The fourth-order valence-corrected chi connectivity index (χ4v) is 1.67. The van der Waals surface area contributed by atoms with Crippen LogP contribution in [0.5, 0.6) is 5.88 Å². The number of methoxy groups -OCH3 is 1. The van der Waals surface area contributed by atoms with E-state index in [0.29, 0.717) is 12.5 Å². The maximum absolute atomic E-state index is 5.78. The molecule has 1 aromatic heterocycles. The van der Waals surface area contributed by atoms with Gasteiger partial charge in [0.05, 0.1) is 12.2 Å². The SMILES string of the molecule is CCCNc1ncnc(OC(C)COC)c1CC. The highest BCUT2D eigenvalue weighted by Crippen LogP contribution is 2.23. The first-order valence-electron chi connectivity index (χ1n) is 6.46. The number of hydrogen-bond acceptors (Lipinski definition) is 5. The maximum Gasteiger partial charge on any atom is 0.222 e. The highest BCUT2D eigenvalue weighted by molar-refractivity contribution is 5.48. The molecule has 0 spiro atoms. The molecule has 1 rings (SSSR count). The molecule has 0 fully saturated rings. The van der Waals surface area contributed by atoms with Gasteiger partial charge in [0.15, 0.2) is 0 Å². The molecule has 0 amide bonds. The third-order valence-corrected chi connectivity index (χ3v) is 2.52. The molecule has 0 aliphatic rings. The Labute approximate surface area is 109 Å². The van der Waals surface area contributed by atoms with Gasteiger partial charge in [0.25, 0.3) is 0 Å². The number of nitrogens with zero attached hydrogens (tertiary/aromatic N) is 2. The number of aromatic nitrogens is 2. The third kappa shape index (κ3) is 4.14. The van der Waals surface area contributed by atoms with Crippen molar-refractivity contribution in [2.45, 2.75) is 39.7 Å². The Morgan fingerprint density at radius 1 is 1.33 bits per heavy atom. The number of ether oxygens (including phenoxy) is 2. The van der Waals surface area contributed by atoms with Gasteiger partial charge in [-0.15, -0.1) is 0 Å². The predicted octanol–water partition coefficient (Wildman–Crippen LogP) is 2.27. The molecule has 0 saturated heterocycles. The molecular formula is C13H23N3O2. The van der Waals surface area contributed by atoms with E-state index in [4.69, 9.17) is 9.47 Å². The lowest BCUT2D eigenvalue weighted by molar-refractivity contribution is 0.0882. The average molecular weight is 253 g/mol. The Kier molecular flexibility index (Phi) is 6.43. The van der Waals surface area contributed by atoms with E-state index in [1.807, 2.05) is 6.92 Å². The van der Waals surface area contributed by atoms with Crippen LogP contribution in [0, 0.1) is 0 Å². The van der Waals surface area contributed by atoms with Crippen molar-refractivity contribution in [3.63, 3.8) is 0 Å². The molecule has 18 heavy (non-hydrogen) atoms. The number of anilines is 1. The molecule has 1 unspecified atom stereocenters. The molecule has 0 aliphatic carbocycles. The van der Waals surface area contributed by atoms with Crippen molar-refractivity contribution in [2.24, 2.45) is 0 Å². The van der Waals surface area contributed by atoms with E-state index in [0.717, 1.165) is 30.8 Å². The summed E-state index contributed by atoms with van der Waals surface area (Å²) in [4.78, 5) is 8.48. The molecule has 0 aromatic carbocycles. The lowest BCUT2D eigenvalue weighted by Gasteiger charge is -2.17. The van der Waals surface area contributed by atoms with E-state index in [2.05, 4.69) is 29.1 Å². The van der Waals surface area contributed by atoms with E-state index in [-0.39, 0.29) is 6.10 Å². The van der Waals surface area contributed by atoms with Crippen molar-refractivity contribution < 1.29 is 9.47 Å². The third-order valence-electron chi connectivity index (χ3n) is 2.52. The summed E-state index contributed by atoms with van der Waals surface area (Å²) < 4.78 is 10.8. The van der Waals surface area contributed by atoms with Gasteiger partial charge in [0, 0.05) is 13.7 Å².